The van der Waals surface area contributed by atoms with Crippen molar-refractivity contribution in [2.24, 2.45) is 0 Å². The molecule has 1 fully saturated rings. The van der Waals surface area contributed by atoms with Crippen molar-refractivity contribution in [1.82, 2.24) is 14.8 Å². The summed E-state index contributed by atoms with van der Waals surface area (Å²) in [5.41, 5.74) is 4.70. The van der Waals surface area contributed by atoms with Gasteiger partial charge in [-0.3, -0.25) is 9.36 Å². The molecule has 5 nitrogen and oxygen atoms in total. The van der Waals surface area contributed by atoms with Crippen LogP contribution in [0.2, 0.25) is 0 Å². The summed E-state index contributed by atoms with van der Waals surface area (Å²) in [6.45, 7) is 1.92. The zero-order chi connectivity index (χ0) is 19.8. The summed E-state index contributed by atoms with van der Waals surface area (Å²) >= 11 is 1.46. The number of carbonyl (C=O) groups excluding carboxylic acids is 1. The Kier molecular flexibility index (Phi) is 4.87. The van der Waals surface area contributed by atoms with Crippen LogP contribution < -0.4 is 5.32 Å². The summed E-state index contributed by atoms with van der Waals surface area (Å²) in [6, 6.07) is 16.4. The molecule has 29 heavy (non-hydrogen) atoms. The van der Waals surface area contributed by atoms with Gasteiger partial charge in [-0.25, -0.2) is 0 Å². The highest BCUT2D eigenvalue weighted by Gasteiger charge is 2.32. The fourth-order valence-corrected chi connectivity index (χ4v) is 4.76. The van der Waals surface area contributed by atoms with Crippen molar-refractivity contribution in [3.05, 3.63) is 65.5 Å². The first-order valence-corrected chi connectivity index (χ1v) is 11.2. The minimum absolute atomic E-state index is 0.0106. The molecule has 1 aromatic heterocycles. The normalized spacial score (nSPS) is 16.4. The molecule has 1 N–H and O–H groups in total. The van der Waals surface area contributed by atoms with Gasteiger partial charge < -0.3 is 5.32 Å². The summed E-state index contributed by atoms with van der Waals surface area (Å²) < 4.78 is 2.11. The highest BCUT2D eigenvalue weighted by atomic mass is 32.2. The highest BCUT2D eigenvalue weighted by Crippen LogP contribution is 2.41. The van der Waals surface area contributed by atoms with Crippen molar-refractivity contribution in [3.8, 4) is 5.69 Å². The molecule has 1 amide bonds. The van der Waals surface area contributed by atoms with Crippen LogP contribution in [0.4, 0.5) is 5.69 Å². The van der Waals surface area contributed by atoms with E-state index in [2.05, 4.69) is 44.3 Å². The molecule has 2 aliphatic rings. The Morgan fingerprint density at radius 3 is 2.69 bits per heavy atom. The number of nitrogens with one attached hydrogen (secondary N) is 1. The van der Waals surface area contributed by atoms with Crippen molar-refractivity contribution in [1.29, 1.82) is 0 Å². The lowest BCUT2D eigenvalue weighted by Crippen LogP contribution is -2.23. The SMILES string of the molecule is C[C@@H](Sc1nnc(C2CC2)n1-c1ccccc1)C(=O)Nc1ccc2c(c1)CCC2. The Bertz CT molecular complexity index is 1040. The van der Waals surface area contributed by atoms with Crippen LogP contribution in [0, 0.1) is 0 Å². The van der Waals surface area contributed by atoms with Gasteiger partial charge in [0.05, 0.1) is 5.25 Å². The van der Waals surface area contributed by atoms with Crippen molar-refractivity contribution >= 4 is 23.4 Å². The van der Waals surface area contributed by atoms with Crippen LogP contribution >= 0.6 is 11.8 Å². The first-order chi connectivity index (χ1) is 14.2. The number of rotatable bonds is 6. The van der Waals surface area contributed by atoms with Crippen LogP contribution in [0.15, 0.2) is 53.7 Å². The first-order valence-electron chi connectivity index (χ1n) is 10.3. The number of carbonyl (C=O) groups is 1. The molecular formula is C23H24N4OS. The number of hydrogen-bond acceptors (Lipinski definition) is 4. The summed E-state index contributed by atoms with van der Waals surface area (Å²) in [5, 5.41) is 12.4. The molecule has 3 aromatic rings. The Labute approximate surface area is 174 Å². The molecule has 6 heteroatoms. The van der Waals surface area contributed by atoms with E-state index in [1.165, 1.54) is 29.3 Å². The second-order valence-corrected chi connectivity index (χ2v) is 9.18. The highest BCUT2D eigenvalue weighted by molar-refractivity contribution is 8.00. The van der Waals surface area contributed by atoms with E-state index in [0.717, 1.165) is 48.0 Å². The maximum atomic E-state index is 12.8. The molecule has 148 valence electrons. The van der Waals surface area contributed by atoms with Crippen LogP contribution in [-0.2, 0) is 17.6 Å². The van der Waals surface area contributed by atoms with E-state index < -0.39 is 0 Å². The van der Waals surface area contributed by atoms with Crippen LogP contribution in [-0.4, -0.2) is 25.9 Å². The summed E-state index contributed by atoms with van der Waals surface area (Å²) in [4.78, 5) is 12.8. The Balaban J connectivity index is 1.34. The lowest BCUT2D eigenvalue weighted by Gasteiger charge is -2.14. The third-order valence-electron chi connectivity index (χ3n) is 5.63. The van der Waals surface area contributed by atoms with E-state index in [4.69, 9.17) is 0 Å². The standard InChI is InChI=1S/C23H24N4OS/c1-15(22(28)24-19-13-12-16-6-5-7-18(16)14-19)29-23-26-25-21(17-10-11-17)27(23)20-8-3-2-4-9-20/h2-4,8-9,12-15,17H,5-7,10-11H2,1H3,(H,24,28)/t15-/m1/s1. The molecule has 2 aromatic carbocycles. The van der Waals surface area contributed by atoms with Gasteiger partial charge in [0.1, 0.15) is 5.82 Å². The van der Waals surface area contributed by atoms with Gasteiger partial charge in [0.2, 0.25) is 5.91 Å². The van der Waals surface area contributed by atoms with Crippen LogP contribution in [0.5, 0.6) is 0 Å². The van der Waals surface area contributed by atoms with Gasteiger partial charge >= 0.3 is 0 Å². The van der Waals surface area contributed by atoms with Crippen LogP contribution in [0.3, 0.4) is 0 Å². The topological polar surface area (TPSA) is 59.8 Å². The first kappa shape index (κ1) is 18.4. The van der Waals surface area contributed by atoms with Crippen molar-refractivity contribution in [2.75, 3.05) is 5.32 Å². The number of thioether (sulfide) groups is 1. The van der Waals surface area contributed by atoms with E-state index >= 15 is 0 Å². The Morgan fingerprint density at radius 2 is 1.90 bits per heavy atom. The third kappa shape index (κ3) is 3.81. The molecule has 0 radical (unpaired) electrons. The fourth-order valence-electron chi connectivity index (χ4n) is 3.89. The number of nitrogens with zero attached hydrogens (tertiary/aromatic N) is 3. The minimum atomic E-state index is -0.276. The number of para-hydroxylation sites is 1. The van der Waals surface area contributed by atoms with E-state index in [-0.39, 0.29) is 11.2 Å². The lowest BCUT2D eigenvalue weighted by atomic mass is 10.1. The van der Waals surface area contributed by atoms with Crippen molar-refractivity contribution < 1.29 is 4.79 Å². The summed E-state index contributed by atoms with van der Waals surface area (Å²) in [6.07, 6.45) is 5.77. The van der Waals surface area contributed by atoms with Gasteiger partial charge in [0, 0.05) is 17.3 Å². The minimum Gasteiger partial charge on any atom is -0.325 e. The quantitative estimate of drug-likeness (QED) is 0.602. The molecule has 1 heterocycles. The smallest absolute Gasteiger partial charge is 0.237 e. The van der Waals surface area contributed by atoms with Gasteiger partial charge in [0.15, 0.2) is 5.16 Å². The lowest BCUT2D eigenvalue weighted by molar-refractivity contribution is -0.115. The zero-order valence-corrected chi connectivity index (χ0v) is 17.3. The predicted molar refractivity (Wildman–Crippen MR) is 116 cm³/mol. The monoisotopic (exact) mass is 404 g/mol. The van der Waals surface area contributed by atoms with Gasteiger partial charge in [-0.1, -0.05) is 36.0 Å². The second-order valence-electron chi connectivity index (χ2n) is 7.87. The number of aryl methyl sites for hydroxylation is 2. The number of anilines is 1. The number of aromatic nitrogens is 3. The number of hydrogen-bond donors (Lipinski definition) is 1. The molecule has 0 bridgehead atoms. The third-order valence-corrected chi connectivity index (χ3v) is 6.68. The molecule has 5 rings (SSSR count). The molecule has 1 atom stereocenters. The van der Waals surface area contributed by atoms with Gasteiger partial charge in [-0.05, 0) is 74.4 Å². The maximum Gasteiger partial charge on any atom is 0.237 e. The average molecular weight is 405 g/mol. The van der Waals surface area contributed by atoms with E-state index in [9.17, 15) is 4.79 Å². The molecular weight excluding hydrogens is 380 g/mol. The average Bonchev–Trinajstić information content (AvgIpc) is 3.33. The van der Waals surface area contributed by atoms with Gasteiger partial charge in [-0.15, -0.1) is 10.2 Å². The molecule has 0 aliphatic heterocycles. The zero-order valence-electron chi connectivity index (χ0n) is 16.5. The van der Waals surface area contributed by atoms with Crippen LogP contribution in [0.25, 0.3) is 5.69 Å². The summed E-state index contributed by atoms with van der Waals surface area (Å²) in [7, 11) is 0. The molecule has 0 spiro atoms. The largest absolute Gasteiger partial charge is 0.325 e. The number of fused-ring (bicyclic) bond motifs is 1. The maximum absolute atomic E-state index is 12.8. The second kappa shape index (κ2) is 7.67. The Hall–Kier alpha value is -2.60. The fraction of sp³-hybridized carbons (Fsp3) is 0.348. The van der Waals surface area contributed by atoms with E-state index in [1.807, 2.05) is 31.2 Å². The van der Waals surface area contributed by atoms with Crippen molar-refractivity contribution in [3.63, 3.8) is 0 Å². The van der Waals surface area contributed by atoms with Gasteiger partial charge in [0.25, 0.3) is 0 Å². The summed E-state index contributed by atoms with van der Waals surface area (Å²) in [5.74, 6) is 1.47. The molecule has 0 unspecified atom stereocenters. The van der Waals surface area contributed by atoms with E-state index in [0.29, 0.717) is 5.92 Å². The van der Waals surface area contributed by atoms with Crippen molar-refractivity contribution in [2.45, 2.75) is 55.4 Å². The Morgan fingerprint density at radius 1 is 1.10 bits per heavy atom. The van der Waals surface area contributed by atoms with E-state index in [1.54, 1.807) is 0 Å². The predicted octanol–water partition coefficient (Wildman–Crippen LogP) is 4.75. The molecule has 2 aliphatic carbocycles. The number of amides is 1. The molecule has 1 saturated carbocycles. The molecule has 0 saturated heterocycles. The van der Waals surface area contributed by atoms with Crippen LogP contribution in [0.1, 0.15) is 49.1 Å². The number of benzene rings is 2. The van der Waals surface area contributed by atoms with Gasteiger partial charge in [-0.2, -0.15) is 0 Å².